The molecular formula is C15H24O2. The Morgan fingerprint density at radius 3 is 2.76 bits per heavy atom. The minimum atomic E-state index is -0.169. The summed E-state index contributed by atoms with van der Waals surface area (Å²) in [5, 5.41) is 0. The van der Waals surface area contributed by atoms with Gasteiger partial charge in [0, 0.05) is 6.92 Å². The van der Waals surface area contributed by atoms with Crippen molar-refractivity contribution in [1.82, 2.24) is 0 Å². The minimum Gasteiger partial charge on any atom is -0.458 e. The topological polar surface area (TPSA) is 26.3 Å². The summed E-state index contributed by atoms with van der Waals surface area (Å²) in [6, 6.07) is 0. The van der Waals surface area contributed by atoms with Crippen LogP contribution in [0.1, 0.15) is 59.3 Å². The lowest BCUT2D eigenvalue weighted by molar-refractivity contribution is -0.145. The average molecular weight is 236 g/mol. The van der Waals surface area contributed by atoms with E-state index in [0.29, 0.717) is 0 Å². The van der Waals surface area contributed by atoms with Gasteiger partial charge in [0.25, 0.3) is 0 Å². The zero-order valence-corrected chi connectivity index (χ0v) is 11.3. The van der Waals surface area contributed by atoms with Crippen LogP contribution < -0.4 is 0 Å². The molecule has 0 amide bonds. The minimum absolute atomic E-state index is 0.0288. The van der Waals surface area contributed by atoms with Crippen molar-refractivity contribution in [1.29, 1.82) is 0 Å². The van der Waals surface area contributed by atoms with Crippen LogP contribution in [0.3, 0.4) is 0 Å². The fourth-order valence-corrected chi connectivity index (χ4v) is 2.42. The maximum absolute atomic E-state index is 11.0. The van der Waals surface area contributed by atoms with E-state index in [0.717, 1.165) is 32.1 Å². The molecular weight excluding hydrogens is 212 g/mol. The summed E-state index contributed by atoms with van der Waals surface area (Å²) < 4.78 is 5.35. The van der Waals surface area contributed by atoms with Crippen LogP contribution in [-0.4, -0.2) is 12.1 Å². The predicted molar refractivity (Wildman–Crippen MR) is 70.8 cm³/mol. The molecule has 1 unspecified atom stereocenters. The molecule has 17 heavy (non-hydrogen) atoms. The zero-order valence-electron chi connectivity index (χ0n) is 11.3. The highest BCUT2D eigenvalue weighted by molar-refractivity contribution is 5.66. The highest BCUT2D eigenvalue weighted by Gasteiger charge is 2.21. The number of rotatable bonds is 5. The van der Waals surface area contributed by atoms with Gasteiger partial charge in [-0.3, -0.25) is 4.79 Å². The molecule has 0 aromatic rings. The lowest BCUT2D eigenvalue weighted by Crippen LogP contribution is -2.22. The normalized spacial score (nSPS) is 20.3. The molecule has 0 radical (unpaired) electrons. The van der Waals surface area contributed by atoms with Gasteiger partial charge in [0.15, 0.2) is 0 Å². The number of hydrogen-bond acceptors (Lipinski definition) is 2. The fourth-order valence-electron chi connectivity index (χ4n) is 2.42. The summed E-state index contributed by atoms with van der Waals surface area (Å²) in [7, 11) is 0. The Balaban J connectivity index is 2.55. The monoisotopic (exact) mass is 236 g/mol. The number of hydrogen-bond donors (Lipinski definition) is 0. The Morgan fingerprint density at radius 2 is 2.18 bits per heavy atom. The van der Waals surface area contributed by atoms with Crippen molar-refractivity contribution in [2.24, 2.45) is 0 Å². The van der Waals surface area contributed by atoms with E-state index in [1.807, 2.05) is 0 Å². The third-order valence-electron chi connectivity index (χ3n) is 3.38. The van der Waals surface area contributed by atoms with Crippen LogP contribution >= 0.6 is 0 Å². The maximum Gasteiger partial charge on any atom is 0.303 e. The average Bonchev–Trinajstić information content (AvgIpc) is 2.22. The van der Waals surface area contributed by atoms with E-state index >= 15 is 0 Å². The van der Waals surface area contributed by atoms with Gasteiger partial charge in [-0.05, 0) is 57.9 Å². The molecule has 2 heteroatoms. The van der Waals surface area contributed by atoms with Crippen molar-refractivity contribution in [3.63, 3.8) is 0 Å². The second-order valence-electron chi connectivity index (χ2n) is 5.09. The maximum atomic E-state index is 11.0. The molecule has 0 N–H and O–H groups in total. The van der Waals surface area contributed by atoms with E-state index < -0.39 is 0 Å². The Kier molecular flexibility index (Phi) is 5.46. The first-order valence-electron chi connectivity index (χ1n) is 6.51. The van der Waals surface area contributed by atoms with Crippen LogP contribution in [0.5, 0.6) is 0 Å². The lowest BCUT2D eigenvalue weighted by Gasteiger charge is -2.26. The number of allylic oxidation sites excluding steroid dienone is 2. The van der Waals surface area contributed by atoms with Crippen LogP contribution in [0.4, 0.5) is 0 Å². The molecule has 1 rings (SSSR count). The van der Waals surface area contributed by atoms with Crippen LogP contribution in [0, 0.1) is 0 Å². The second-order valence-corrected chi connectivity index (χ2v) is 5.09. The smallest absolute Gasteiger partial charge is 0.303 e. The van der Waals surface area contributed by atoms with E-state index in [9.17, 15) is 4.79 Å². The quantitative estimate of drug-likeness (QED) is 0.529. The molecule has 96 valence electrons. The Labute approximate surface area is 105 Å². The molecule has 1 aliphatic carbocycles. The van der Waals surface area contributed by atoms with E-state index in [1.165, 1.54) is 30.1 Å². The molecule has 1 aliphatic rings. The van der Waals surface area contributed by atoms with Gasteiger partial charge in [-0.1, -0.05) is 11.1 Å². The lowest BCUT2D eigenvalue weighted by atomic mass is 9.87. The van der Waals surface area contributed by atoms with Crippen LogP contribution in [0.25, 0.3) is 0 Å². The molecule has 1 atom stereocenters. The summed E-state index contributed by atoms with van der Waals surface area (Å²) in [6.07, 6.45) is 6.69. The summed E-state index contributed by atoms with van der Waals surface area (Å²) in [5.74, 6) is -0.169. The Hall–Kier alpha value is -1.05. The van der Waals surface area contributed by atoms with Gasteiger partial charge in [0.05, 0.1) is 0 Å². The van der Waals surface area contributed by atoms with Crippen molar-refractivity contribution in [2.75, 3.05) is 0 Å². The highest BCUT2D eigenvalue weighted by Crippen LogP contribution is 2.30. The van der Waals surface area contributed by atoms with Gasteiger partial charge in [0.1, 0.15) is 6.10 Å². The van der Waals surface area contributed by atoms with Crippen molar-refractivity contribution in [2.45, 2.75) is 65.4 Å². The zero-order chi connectivity index (χ0) is 12.8. The first kappa shape index (κ1) is 14.0. The van der Waals surface area contributed by atoms with Gasteiger partial charge in [-0.25, -0.2) is 0 Å². The highest BCUT2D eigenvalue weighted by atomic mass is 16.5. The van der Waals surface area contributed by atoms with E-state index in [-0.39, 0.29) is 12.1 Å². The van der Waals surface area contributed by atoms with E-state index in [1.54, 1.807) is 0 Å². The van der Waals surface area contributed by atoms with Gasteiger partial charge >= 0.3 is 5.97 Å². The van der Waals surface area contributed by atoms with Gasteiger partial charge < -0.3 is 4.74 Å². The molecule has 0 bridgehead atoms. The molecule has 0 aromatic carbocycles. The van der Waals surface area contributed by atoms with Crippen molar-refractivity contribution in [3.8, 4) is 0 Å². The SMILES string of the molecule is C=C(C)CCCC1=C(C)C(OC(C)=O)CCC1. The Bertz CT molecular complexity index is 326. The first-order chi connectivity index (χ1) is 8.00. The van der Waals surface area contributed by atoms with Crippen molar-refractivity contribution in [3.05, 3.63) is 23.3 Å². The van der Waals surface area contributed by atoms with Crippen LogP contribution in [0.15, 0.2) is 23.3 Å². The van der Waals surface area contributed by atoms with E-state index in [2.05, 4.69) is 20.4 Å². The summed E-state index contributed by atoms with van der Waals surface area (Å²) in [5.41, 5.74) is 4.02. The number of ether oxygens (including phenoxy) is 1. The molecule has 0 aliphatic heterocycles. The molecule has 0 fully saturated rings. The molecule has 0 aromatic heterocycles. The van der Waals surface area contributed by atoms with Gasteiger partial charge in [-0.15, -0.1) is 6.58 Å². The second kappa shape index (κ2) is 6.63. The number of carbonyl (C=O) groups excluding carboxylic acids is 1. The van der Waals surface area contributed by atoms with Crippen molar-refractivity contribution >= 4 is 5.97 Å². The summed E-state index contributed by atoms with van der Waals surface area (Å²) in [4.78, 5) is 11.0. The third kappa shape index (κ3) is 4.76. The number of esters is 1. The van der Waals surface area contributed by atoms with Crippen LogP contribution in [0.2, 0.25) is 0 Å². The number of carbonyl (C=O) groups is 1. The van der Waals surface area contributed by atoms with Crippen LogP contribution in [-0.2, 0) is 9.53 Å². The fraction of sp³-hybridized carbons (Fsp3) is 0.667. The van der Waals surface area contributed by atoms with E-state index in [4.69, 9.17) is 4.74 Å². The molecule has 0 heterocycles. The largest absolute Gasteiger partial charge is 0.458 e. The molecule has 0 spiro atoms. The third-order valence-corrected chi connectivity index (χ3v) is 3.38. The Morgan fingerprint density at radius 1 is 1.47 bits per heavy atom. The molecule has 0 saturated carbocycles. The standard InChI is InChI=1S/C15H24O2/c1-11(2)7-5-8-14-9-6-10-15(12(14)3)17-13(4)16/h15H,1,5-10H2,2-4H3. The predicted octanol–water partition coefficient (Wildman–Crippen LogP) is 4.16. The van der Waals surface area contributed by atoms with Crippen molar-refractivity contribution < 1.29 is 9.53 Å². The van der Waals surface area contributed by atoms with Gasteiger partial charge in [0.2, 0.25) is 0 Å². The molecule has 2 nitrogen and oxygen atoms in total. The first-order valence-corrected chi connectivity index (χ1v) is 6.51. The summed E-state index contributed by atoms with van der Waals surface area (Å²) in [6.45, 7) is 9.60. The van der Waals surface area contributed by atoms with Gasteiger partial charge in [-0.2, -0.15) is 0 Å². The summed E-state index contributed by atoms with van der Waals surface area (Å²) >= 11 is 0. The molecule has 0 saturated heterocycles.